The number of allylic oxidation sites excluding steroid dienone is 4. The Morgan fingerprint density at radius 3 is 1.84 bits per heavy atom. The Morgan fingerprint density at radius 2 is 1.30 bits per heavy atom. The minimum absolute atomic E-state index is 0. The van der Waals surface area contributed by atoms with Gasteiger partial charge in [-0.3, -0.25) is 0 Å². The number of hydrogen-bond donors (Lipinski definition) is 0. The standard InChI is InChI=1S/C13H9.C12H19.2C7H5Cl.2ClH.Zr/c1-3-7-12-10(5-1)9-11-6-2-4-8-13(11)12;1-6-10-7-9(2)8-11(10)12(3,4)5;2*1-6-2-4-7(8)5-3-6;;;/h1-5,7-8H,9H2;8-9H,6H2,1-5H3;2*1-5H;2*1H;. The van der Waals surface area contributed by atoms with E-state index in [0.29, 0.717) is 5.92 Å². The first-order valence-electron chi connectivity index (χ1n) is 15.0. The molecule has 0 aliphatic heterocycles. The molecule has 44 heavy (non-hydrogen) atoms. The largest absolute Gasteiger partial charge is 0.147 e. The first-order chi connectivity index (χ1) is 20.1. The summed E-state index contributed by atoms with van der Waals surface area (Å²) in [6.07, 6.45) is 4.58. The van der Waals surface area contributed by atoms with Crippen LogP contribution in [0.25, 0.3) is 11.1 Å². The van der Waals surface area contributed by atoms with Crippen LogP contribution in [0.3, 0.4) is 0 Å². The topological polar surface area (TPSA) is 0 Å². The van der Waals surface area contributed by atoms with Gasteiger partial charge in [-0.15, -0.1) is 24.8 Å². The maximum atomic E-state index is 6.40. The molecule has 0 N–H and O–H groups in total. The molecule has 1 unspecified atom stereocenters. The molecule has 0 spiro atoms. The molecule has 0 saturated carbocycles. The number of fused-ring (bicyclic) bond motifs is 3. The van der Waals surface area contributed by atoms with Crippen LogP contribution in [-0.2, 0) is 25.7 Å². The third-order valence-corrected chi connectivity index (χ3v) is 20.7. The molecule has 0 fully saturated rings. The fourth-order valence-electron chi connectivity index (χ4n) is 7.25. The first kappa shape index (κ1) is 35.0. The van der Waals surface area contributed by atoms with E-state index in [1.807, 2.05) is 24.3 Å². The smallest absolute Gasteiger partial charge is 0.147 e. The summed E-state index contributed by atoms with van der Waals surface area (Å²) < 4.78 is 8.61. The Bertz CT molecular complexity index is 1800. The van der Waals surface area contributed by atoms with Gasteiger partial charge in [0, 0.05) is 0 Å². The molecule has 4 aromatic rings. The van der Waals surface area contributed by atoms with Crippen molar-refractivity contribution in [3.8, 4) is 11.1 Å². The van der Waals surface area contributed by atoms with Crippen molar-refractivity contribution in [1.29, 1.82) is 0 Å². The van der Waals surface area contributed by atoms with Crippen molar-refractivity contribution in [3.05, 3.63) is 144 Å². The van der Waals surface area contributed by atoms with Crippen LogP contribution < -0.4 is 3.27 Å². The van der Waals surface area contributed by atoms with E-state index in [2.05, 4.69) is 115 Å². The third kappa shape index (κ3) is 6.52. The molecule has 5 heteroatoms. The number of hydrogen-bond acceptors (Lipinski definition) is 0. The van der Waals surface area contributed by atoms with Crippen molar-refractivity contribution in [2.24, 2.45) is 11.3 Å². The molecule has 2 aliphatic rings. The minimum Gasteiger partial charge on any atom is -0.147 e. The Kier molecular flexibility index (Phi) is 11.0. The molecular weight excluding hydrogens is 701 g/mol. The van der Waals surface area contributed by atoms with Gasteiger partial charge >= 0.3 is 267 Å². The number of rotatable bonds is 5. The zero-order valence-electron chi connectivity index (χ0n) is 26.0. The maximum Gasteiger partial charge on any atom is -0.147 e. The van der Waals surface area contributed by atoms with E-state index in [-0.39, 0.29) is 30.2 Å². The molecule has 0 amide bonds. The van der Waals surface area contributed by atoms with Crippen molar-refractivity contribution >= 4 is 58.7 Å². The van der Waals surface area contributed by atoms with Crippen LogP contribution in [0.5, 0.6) is 0 Å². The van der Waals surface area contributed by atoms with Gasteiger partial charge in [-0.1, -0.05) is 0 Å². The molecule has 228 valence electrons. The van der Waals surface area contributed by atoms with Crippen LogP contribution in [0.4, 0.5) is 0 Å². The first-order valence-corrected chi connectivity index (χ1v) is 21.1. The van der Waals surface area contributed by atoms with Gasteiger partial charge in [0.05, 0.1) is 0 Å². The molecule has 0 saturated heterocycles. The zero-order chi connectivity index (χ0) is 29.6. The predicted octanol–water partition coefficient (Wildman–Crippen LogP) is 11.2. The summed E-state index contributed by atoms with van der Waals surface area (Å²) >= 11 is 8.94. The van der Waals surface area contributed by atoms with Crippen LogP contribution in [0.1, 0.15) is 63.3 Å². The van der Waals surface area contributed by atoms with E-state index in [0.717, 1.165) is 22.9 Å². The van der Waals surface area contributed by atoms with Crippen molar-refractivity contribution in [2.45, 2.75) is 47.5 Å². The van der Waals surface area contributed by atoms with Crippen LogP contribution in [0.2, 0.25) is 10.0 Å². The second-order valence-corrected chi connectivity index (χ2v) is 22.0. The van der Waals surface area contributed by atoms with Crippen LogP contribution >= 0.6 is 48.0 Å². The summed E-state index contributed by atoms with van der Waals surface area (Å²) in [6.45, 7) is 11.9. The summed E-state index contributed by atoms with van der Waals surface area (Å²) in [5.41, 5.74) is 11.3. The fraction of sp³-hybridized carbons (Fsp3) is 0.231. The van der Waals surface area contributed by atoms with E-state index < -0.39 is 19.3 Å². The van der Waals surface area contributed by atoms with Crippen molar-refractivity contribution < 1.29 is 19.3 Å². The fourth-order valence-corrected chi connectivity index (χ4v) is 20.2. The second-order valence-electron chi connectivity index (χ2n) is 12.8. The zero-order valence-corrected chi connectivity index (χ0v) is 31.6. The molecule has 0 nitrogen and oxygen atoms in total. The van der Waals surface area contributed by atoms with E-state index >= 15 is 0 Å². The van der Waals surface area contributed by atoms with Crippen LogP contribution in [0, 0.1) is 11.3 Å². The van der Waals surface area contributed by atoms with Crippen molar-refractivity contribution in [2.75, 3.05) is 0 Å². The quantitative estimate of drug-likeness (QED) is 0.168. The Morgan fingerprint density at radius 1 is 0.750 bits per heavy atom. The van der Waals surface area contributed by atoms with Crippen LogP contribution in [0.15, 0.2) is 111 Å². The van der Waals surface area contributed by atoms with E-state index in [1.165, 1.54) is 39.0 Å². The monoisotopic (exact) mass is 738 g/mol. The average Bonchev–Trinajstić information content (AvgIpc) is 3.53. The molecule has 6 rings (SSSR count). The van der Waals surface area contributed by atoms with E-state index in [1.54, 1.807) is 12.1 Å². The van der Waals surface area contributed by atoms with Gasteiger partial charge in [-0.25, -0.2) is 0 Å². The maximum absolute atomic E-state index is 6.40. The summed E-state index contributed by atoms with van der Waals surface area (Å²) in [5, 5.41) is 1.54. The van der Waals surface area contributed by atoms with Gasteiger partial charge in [0.2, 0.25) is 0 Å². The molecule has 2 aliphatic carbocycles. The van der Waals surface area contributed by atoms with Crippen LogP contribution in [-0.4, -0.2) is 7.42 Å². The van der Waals surface area contributed by atoms with Crippen molar-refractivity contribution in [3.63, 3.8) is 0 Å². The average molecular weight is 742 g/mol. The van der Waals surface area contributed by atoms with Crippen molar-refractivity contribution in [1.82, 2.24) is 0 Å². The summed E-state index contributed by atoms with van der Waals surface area (Å²) in [7, 11) is 0. The van der Waals surface area contributed by atoms with Gasteiger partial charge in [-0.2, -0.15) is 0 Å². The molecule has 4 aromatic carbocycles. The summed E-state index contributed by atoms with van der Waals surface area (Å²) in [5.74, 6) is 0.358. The van der Waals surface area contributed by atoms with E-state index in [4.69, 9.17) is 23.2 Å². The summed E-state index contributed by atoms with van der Waals surface area (Å²) in [4.78, 5) is 0. The predicted molar refractivity (Wildman–Crippen MR) is 196 cm³/mol. The Hall–Kier alpha value is -1.86. The van der Waals surface area contributed by atoms with Gasteiger partial charge in [-0.05, 0) is 0 Å². The normalized spacial score (nSPS) is 15.2. The second kappa shape index (κ2) is 13.9. The van der Waals surface area contributed by atoms with Gasteiger partial charge in [0.15, 0.2) is 0 Å². The Balaban J connectivity index is 0.00000221. The minimum atomic E-state index is -3.86. The SMILES string of the molecule is CCC1=[C]([Zr](=[CH]c2ccc(Cl)cc2)(=[CH]c2ccc(Cl)cc2)[c]2cccc3c2Cc2ccccc2-3)C(C)C=C1C(C)(C)C.Cl.Cl. The van der Waals surface area contributed by atoms with Gasteiger partial charge in [0.1, 0.15) is 0 Å². The number of benzene rings is 4. The molecule has 0 heterocycles. The molecule has 0 bridgehead atoms. The molecule has 0 aromatic heterocycles. The summed E-state index contributed by atoms with van der Waals surface area (Å²) in [6, 6.07) is 33.0. The Labute approximate surface area is 289 Å². The van der Waals surface area contributed by atoms with Gasteiger partial charge < -0.3 is 0 Å². The third-order valence-electron chi connectivity index (χ3n) is 8.95. The van der Waals surface area contributed by atoms with Gasteiger partial charge in [0.25, 0.3) is 0 Å². The number of halogens is 4. The van der Waals surface area contributed by atoms with E-state index in [9.17, 15) is 0 Å². The molecule has 1 atom stereocenters. The molecule has 0 radical (unpaired) electrons. The molecular formula is C39H40Cl4Zr.